The Morgan fingerprint density at radius 2 is 2.11 bits per heavy atom. The predicted octanol–water partition coefficient (Wildman–Crippen LogP) is 2.84. The minimum atomic E-state index is -1.05. The number of hydrogen-bond acceptors (Lipinski definition) is 4. The quantitative estimate of drug-likeness (QED) is 0.882. The molecule has 0 aliphatic carbocycles. The van der Waals surface area contributed by atoms with E-state index in [1.165, 1.54) is 6.07 Å². The lowest BCUT2D eigenvalue weighted by molar-refractivity contribution is 0.0690. The Hall–Kier alpha value is -2.56. The standard InChI is InChI=1S/C14H14N2O3/c1-9-8-10(19-2)6-7-11(9)15-13-5-3-4-12(16-13)14(17)18/h3-8H,1-2H3,(H,15,16)(H,17,18). The van der Waals surface area contributed by atoms with Crippen molar-refractivity contribution in [1.29, 1.82) is 0 Å². The summed E-state index contributed by atoms with van der Waals surface area (Å²) in [6.45, 7) is 1.94. The molecule has 0 saturated heterocycles. The van der Waals surface area contributed by atoms with Gasteiger partial charge in [-0.3, -0.25) is 0 Å². The topological polar surface area (TPSA) is 71.5 Å². The Labute approximate surface area is 110 Å². The summed E-state index contributed by atoms with van der Waals surface area (Å²) in [6.07, 6.45) is 0. The van der Waals surface area contributed by atoms with Gasteiger partial charge in [0.05, 0.1) is 7.11 Å². The largest absolute Gasteiger partial charge is 0.497 e. The Kier molecular flexibility index (Phi) is 3.66. The maximum absolute atomic E-state index is 10.8. The van der Waals surface area contributed by atoms with Crippen LogP contribution in [0.3, 0.4) is 0 Å². The van der Waals surface area contributed by atoms with Gasteiger partial charge in [-0.25, -0.2) is 9.78 Å². The van der Waals surface area contributed by atoms with Crippen LogP contribution in [0.5, 0.6) is 5.75 Å². The predicted molar refractivity (Wildman–Crippen MR) is 72.2 cm³/mol. The van der Waals surface area contributed by atoms with Crippen molar-refractivity contribution in [2.75, 3.05) is 12.4 Å². The number of nitrogens with zero attached hydrogens (tertiary/aromatic N) is 1. The van der Waals surface area contributed by atoms with Gasteiger partial charge in [-0.2, -0.15) is 0 Å². The minimum Gasteiger partial charge on any atom is -0.497 e. The fraction of sp³-hybridized carbons (Fsp3) is 0.143. The lowest BCUT2D eigenvalue weighted by atomic mass is 10.2. The number of benzene rings is 1. The Morgan fingerprint density at radius 1 is 1.32 bits per heavy atom. The molecular formula is C14H14N2O3. The first kappa shape index (κ1) is 12.9. The average Bonchev–Trinajstić information content (AvgIpc) is 2.41. The highest BCUT2D eigenvalue weighted by Crippen LogP contribution is 2.23. The summed E-state index contributed by atoms with van der Waals surface area (Å²) in [5, 5.41) is 12.0. The molecular weight excluding hydrogens is 244 g/mol. The third-order valence-corrected chi connectivity index (χ3v) is 2.66. The summed E-state index contributed by atoms with van der Waals surface area (Å²) in [5.74, 6) is 0.221. The van der Waals surface area contributed by atoms with Crippen LogP contribution in [0.2, 0.25) is 0 Å². The first-order chi connectivity index (χ1) is 9.10. The highest BCUT2D eigenvalue weighted by atomic mass is 16.5. The normalized spacial score (nSPS) is 10.0. The number of anilines is 2. The van der Waals surface area contributed by atoms with Crippen molar-refractivity contribution in [3.8, 4) is 5.75 Å². The van der Waals surface area contributed by atoms with Gasteiger partial charge in [0.15, 0.2) is 5.69 Å². The fourth-order valence-electron chi connectivity index (χ4n) is 1.66. The highest BCUT2D eigenvalue weighted by Gasteiger charge is 2.06. The number of hydrogen-bond donors (Lipinski definition) is 2. The van der Waals surface area contributed by atoms with Gasteiger partial charge in [0.2, 0.25) is 0 Å². The van der Waals surface area contributed by atoms with Gasteiger partial charge in [-0.05, 0) is 42.8 Å². The SMILES string of the molecule is COc1ccc(Nc2cccc(C(=O)O)n2)c(C)c1. The molecule has 0 unspecified atom stereocenters. The zero-order chi connectivity index (χ0) is 13.8. The van der Waals surface area contributed by atoms with Crippen LogP contribution in [0.25, 0.3) is 0 Å². The van der Waals surface area contributed by atoms with Gasteiger partial charge >= 0.3 is 5.97 Å². The molecule has 0 amide bonds. The molecule has 1 heterocycles. The molecule has 1 aromatic carbocycles. The molecule has 0 aliphatic heterocycles. The van der Waals surface area contributed by atoms with E-state index < -0.39 is 5.97 Å². The molecule has 0 saturated carbocycles. The van der Waals surface area contributed by atoms with Crippen LogP contribution in [0, 0.1) is 6.92 Å². The Morgan fingerprint density at radius 3 is 2.74 bits per heavy atom. The van der Waals surface area contributed by atoms with Crippen LogP contribution in [0.4, 0.5) is 11.5 Å². The monoisotopic (exact) mass is 258 g/mol. The van der Waals surface area contributed by atoms with Gasteiger partial charge < -0.3 is 15.2 Å². The van der Waals surface area contributed by atoms with Crippen molar-refractivity contribution in [3.05, 3.63) is 47.7 Å². The molecule has 2 N–H and O–H groups in total. The van der Waals surface area contributed by atoms with Crippen molar-refractivity contribution >= 4 is 17.5 Å². The second-order valence-electron chi connectivity index (χ2n) is 4.02. The number of carboxylic acid groups (broad SMARTS) is 1. The molecule has 98 valence electrons. The number of carboxylic acids is 1. The second-order valence-corrected chi connectivity index (χ2v) is 4.02. The number of aromatic nitrogens is 1. The summed E-state index contributed by atoms with van der Waals surface area (Å²) in [7, 11) is 1.61. The van der Waals surface area contributed by atoms with Crippen molar-refractivity contribution < 1.29 is 14.6 Å². The molecule has 0 atom stereocenters. The number of aryl methyl sites for hydroxylation is 1. The summed E-state index contributed by atoms with van der Waals surface area (Å²) in [4.78, 5) is 14.9. The summed E-state index contributed by atoms with van der Waals surface area (Å²) in [5.41, 5.74) is 1.86. The van der Waals surface area contributed by atoms with Crippen LogP contribution in [-0.2, 0) is 0 Å². The van der Waals surface area contributed by atoms with E-state index in [9.17, 15) is 4.79 Å². The van der Waals surface area contributed by atoms with Crippen molar-refractivity contribution in [3.63, 3.8) is 0 Å². The van der Waals surface area contributed by atoms with E-state index in [1.54, 1.807) is 19.2 Å². The molecule has 19 heavy (non-hydrogen) atoms. The number of methoxy groups -OCH3 is 1. The van der Waals surface area contributed by atoms with Gasteiger partial charge in [-0.1, -0.05) is 6.07 Å². The smallest absolute Gasteiger partial charge is 0.354 e. The van der Waals surface area contributed by atoms with Crippen molar-refractivity contribution in [1.82, 2.24) is 4.98 Å². The van der Waals surface area contributed by atoms with Crippen molar-refractivity contribution in [2.24, 2.45) is 0 Å². The number of ether oxygens (including phenoxy) is 1. The molecule has 0 spiro atoms. The molecule has 2 rings (SSSR count). The molecule has 0 bridgehead atoms. The lowest BCUT2D eigenvalue weighted by Gasteiger charge is -2.10. The third-order valence-electron chi connectivity index (χ3n) is 2.66. The number of pyridine rings is 1. The third kappa shape index (κ3) is 3.01. The van der Waals surface area contributed by atoms with E-state index in [-0.39, 0.29) is 5.69 Å². The number of nitrogens with one attached hydrogen (secondary N) is 1. The Balaban J connectivity index is 2.26. The summed E-state index contributed by atoms with van der Waals surface area (Å²) >= 11 is 0. The zero-order valence-corrected chi connectivity index (χ0v) is 10.7. The van der Waals surface area contributed by atoms with Crippen LogP contribution < -0.4 is 10.1 Å². The average molecular weight is 258 g/mol. The van der Waals surface area contributed by atoms with E-state index >= 15 is 0 Å². The second kappa shape index (κ2) is 5.39. The lowest BCUT2D eigenvalue weighted by Crippen LogP contribution is -2.03. The summed E-state index contributed by atoms with van der Waals surface area (Å²) < 4.78 is 5.13. The first-order valence-corrected chi connectivity index (χ1v) is 5.72. The van der Waals surface area contributed by atoms with E-state index in [2.05, 4.69) is 10.3 Å². The van der Waals surface area contributed by atoms with Crippen molar-refractivity contribution in [2.45, 2.75) is 6.92 Å². The van der Waals surface area contributed by atoms with E-state index in [0.29, 0.717) is 5.82 Å². The fourth-order valence-corrected chi connectivity index (χ4v) is 1.66. The van der Waals surface area contributed by atoms with Crippen LogP contribution in [-0.4, -0.2) is 23.2 Å². The molecule has 2 aromatic rings. The number of rotatable bonds is 4. The van der Waals surface area contributed by atoms with Crippen LogP contribution in [0.15, 0.2) is 36.4 Å². The van der Waals surface area contributed by atoms with Gasteiger partial charge in [-0.15, -0.1) is 0 Å². The van der Waals surface area contributed by atoms with Crippen LogP contribution in [0.1, 0.15) is 16.1 Å². The molecule has 0 aliphatic rings. The molecule has 0 radical (unpaired) electrons. The van der Waals surface area contributed by atoms with Gasteiger partial charge in [0, 0.05) is 5.69 Å². The van der Waals surface area contributed by atoms with E-state index in [4.69, 9.17) is 9.84 Å². The van der Waals surface area contributed by atoms with E-state index in [0.717, 1.165) is 17.0 Å². The maximum Gasteiger partial charge on any atom is 0.354 e. The van der Waals surface area contributed by atoms with Gasteiger partial charge in [0.25, 0.3) is 0 Å². The molecule has 0 fully saturated rings. The molecule has 5 heteroatoms. The summed E-state index contributed by atoms with van der Waals surface area (Å²) in [6, 6.07) is 10.4. The highest BCUT2D eigenvalue weighted by molar-refractivity contribution is 5.85. The minimum absolute atomic E-state index is 0.0103. The maximum atomic E-state index is 10.8. The zero-order valence-electron chi connectivity index (χ0n) is 10.7. The molecule has 1 aromatic heterocycles. The van der Waals surface area contributed by atoms with E-state index in [1.807, 2.05) is 25.1 Å². The number of carbonyl (C=O) groups is 1. The van der Waals surface area contributed by atoms with Crippen LogP contribution >= 0.6 is 0 Å². The first-order valence-electron chi connectivity index (χ1n) is 5.72. The van der Waals surface area contributed by atoms with Gasteiger partial charge in [0.1, 0.15) is 11.6 Å². The molecule has 5 nitrogen and oxygen atoms in total. The number of aromatic carboxylic acids is 1. The Bertz CT molecular complexity index is 611.